The van der Waals surface area contributed by atoms with E-state index < -0.39 is 10.0 Å². The van der Waals surface area contributed by atoms with E-state index in [4.69, 9.17) is 5.14 Å². The molecule has 0 radical (unpaired) electrons. The van der Waals surface area contributed by atoms with E-state index in [9.17, 15) is 8.42 Å². The fourth-order valence-electron chi connectivity index (χ4n) is 1.64. The van der Waals surface area contributed by atoms with Crippen molar-refractivity contribution in [2.24, 2.45) is 12.2 Å². The average molecular weight is 269 g/mol. The number of hydrogen-bond acceptors (Lipinski definition) is 4. The summed E-state index contributed by atoms with van der Waals surface area (Å²) in [6, 6.07) is 1.97. The van der Waals surface area contributed by atoms with Gasteiger partial charge in [0, 0.05) is 13.2 Å². The monoisotopic (exact) mass is 269 g/mol. The van der Waals surface area contributed by atoms with Crippen LogP contribution in [-0.4, -0.2) is 28.0 Å². The van der Waals surface area contributed by atoms with Gasteiger partial charge in [0.25, 0.3) is 0 Å². The Hall–Kier alpha value is -1.67. The number of aromatic nitrogens is 4. The van der Waals surface area contributed by atoms with Crippen LogP contribution >= 0.6 is 0 Å². The topological polar surface area (TPSA) is 95.8 Å². The van der Waals surface area contributed by atoms with Crippen molar-refractivity contribution in [2.45, 2.75) is 24.8 Å². The van der Waals surface area contributed by atoms with Gasteiger partial charge in [0.15, 0.2) is 0 Å². The largest absolute Gasteiger partial charge is 0.270 e. The second-order valence-corrected chi connectivity index (χ2v) is 5.58. The van der Waals surface area contributed by atoms with E-state index in [0.717, 1.165) is 17.8 Å². The molecule has 0 atom stereocenters. The molecule has 0 aliphatic carbocycles. The van der Waals surface area contributed by atoms with Crippen molar-refractivity contribution in [1.82, 2.24) is 19.6 Å². The highest BCUT2D eigenvalue weighted by Gasteiger charge is 2.11. The van der Waals surface area contributed by atoms with Gasteiger partial charge in [-0.05, 0) is 12.5 Å². The summed E-state index contributed by atoms with van der Waals surface area (Å²) in [4.78, 5) is 0.0142. The molecule has 2 heterocycles. The third kappa shape index (κ3) is 2.59. The molecule has 0 saturated carbocycles. The highest BCUT2D eigenvalue weighted by Crippen LogP contribution is 2.08. The Balaban J connectivity index is 2.24. The number of nitrogens with zero attached hydrogens (tertiary/aromatic N) is 4. The minimum absolute atomic E-state index is 0.0142. The van der Waals surface area contributed by atoms with E-state index in [1.165, 1.54) is 17.1 Å². The summed E-state index contributed by atoms with van der Waals surface area (Å²) in [6.07, 6.45) is 3.51. The first-order valence-electron chi connectivity index (χ1n) is 5.47. The fourth-order valence-corrected chi connectivity index (χ4v) is 2.10. The minimum Gasteiger partial charge on any atom is -0.270 e. The Morgan fingerprint density at radius 3 is 2.67 bits per heavy atom. The van der Waals surface area contributed by atoms with Crippen LogP contribution in [0.25, 0.3) is 0 Å². The summed E-state index contributed by atoms with van der Waals surface area (Å²) < 4.78 is 25.5. The zero-order chi connectivity index (χ0) is 13.3. The summed E-state index contributed by atoms with van der Waals surface area (Å²) in [5.74, 6) is 0. The first kappa shape index (κ1) is 12.8. The second-order valence-electron chi connectivity index (χ2n) is 4.02. The Bertz CT molecular complexity index is 656. The highest BCUT2D eigenvalue weighted by molar-refractivity contribution is 7.89. The molecule has 0 aliphatic rings. The molecule has 8 heteroatoms. The van der Waals surface area contributed by atoms with E-state index >= 15 is 0 Å². The zero-order valence-corrected chi connectivity index (χ0v) is 11.1. The van der Waals surface area contributed by atoms with Gasteiger partial charge in [-0.15, -0.1) is 0 Å². The van der Waals surface area contributed by atoms with Crippen LogP contribution < -0.4 is 5.14 Å². The first-order valence-corrected chi connectivity index (χ1v) is 7.02. The van der Waals surface area contributed by atoms with Crippen LogP contribution in [0.5, 0.6) is 0 Å². The van der Waals surface area contributed by atoms with Crippen LogP contribution in [0.2, 0.25) is 0 Å². The van der Waals surface area contributed by atoms with Gasteiger partial charge in [-0.3, -0.25) is 9.36 Å². The number of rotatable bonds is 4. The number of hydrogen-bond donors (Lipinski definition) is 1. The maximum Gasteiger partial charge on any atom is 0.241 e. The van der Waals surface area contributed by atoms with E-state index in [1.54, 1.807) is 4.68 Å². The van der Waals surface area contributed by atoms with Crippen molar-refractivity contribution >= 4 is 10.0 Å². The molecule has 0 amide bonds. The van der Waals surface area contributed by atoms with Gasteiger partial charge in [-0.2, -0.15) is 10.2 Å². The lowest BCUT2D eigenvalue weighted by Gasteiger charge is -2.01. The Labute approximate surface area is 105 Å². The molecule has 2 N–H and O–H groups in total. The average Bonchev–Trinajstić information content (AvgIpc) is 2.86. The number of nitrogens with two attached hydrogens (primary N) is 1. The zero-order valence-electron chi connectivity index (χ0n) is 10.2. The smallest absolute Gasteiger partial charge is 0.241 e. The quantitative estimate of drug-likeness (QED) is 0.836. The molecule has 98 valence electrons. The Kier molecular flexibility index (Phi) is 3.22. The molecular weight excluding hydrogens is 254 g/mol. The van der Waals surface area contributed by atoms with Crippen LogP contribution in [0.4, 0.5) is 0 Å². The molecule has 2 aromatic rings. The van der Waals surface area contributed by atoms with E-state index in [-0.39, 0.29) is 4.90 Å². The fraction of sp³-hybridized carbons (Fsp3) is 0.400. The van der Waals surface area contributed by atoms with Crippen LogP contribution in [0.1, 0.15) is 18.3 Å². The Morgan fingerprint density at radius 2 is 2.17 bits per heavy atom. The predicted octanol–water partition coefficient (Wildman–Crippen LogP) is -0.125. The third-order valence-corrected chi connectivity index (χ3v) is 3.52. The molecule has 2 aromatic heterocycles. The van der Waals surface area contributed by atoms with Gasteiger partial charge in [0.1, 0.15) is 4.90 Å². The Morgan fingerprint density at radius 1 is 1.44 bits per heavy atom. The van der Waals surface area contributed by atoms with Crippen LogP contribution in [-0.2, 0) is 30.0 Å². The SMILES string of the molecule is CCc1cc(Cn2cc(S(N)(=O)=O)cn2)n(C)n1. The predicted molar refractivity (Wildman–Crippen MR) is 65.3 cm³/mol. The number of aryl methyl sites for hydroxylation is 2. The van der Waals surface area contributed by atoms with E-state index in [2.05, 4.69) is 10.2 Å². The van der Waals surface area contributed by atoms with E-state index in [1.807, 2.05) is 20.0 Å². The minimum atomic E-state index is -3.69. The van der Waals surface area contributed by atoms with Crippen LogP contribution in [0, 0.1) is 0 Å². The van der Waals surface area contributed by atoms with Gasteiger partial charge < -0.3 is 0 Å². The molecule has 0 aliphatic heterocycles. The lowest BCUT2D eigenvalue weighted by Crippen LogP contribution is -2.11. The standard InChI is InChI=1S/C10H15N5O2S/c1-3-8-4-9(14(2)13-8)6-15-7-10(5-12-15)18(11,16)17/h4-5,7H,3,6H2,1-2H3,(H2,11,16,17). The summed E-state index contributed by atoms with van der Waals surface area (Å²) in [5, 5.41) is 13.3. The van der Waals surface area contributed by atoms with E-state index in [0.29, 0.717) is 6.54 Å². The molecule has 0 unspecified atom stereocenters. The van der Waals surface area contributed by atoms with Gasteiger partial charge in [-0.1, -0.05) is 6.92 Å². The van der Waals surface area contributed by atoms with Crippen LogP contribution in [0.3, 0.4) is 0 Å². The van der Waals surface area contributed by atoms with Gasteiger partial charge in [0.2, 0.25) is 10.0 Å². The number of sulfonamides is 1. The van der Waals surface area contributed by atoms with Gasteiger partial charge >= 0.3 is 0 Å². The molecule has 18 heavy (non-hydrogen) atoms. The van der Waals surface area contributed by atoms with Crippen molar-refractivity contribution in [3.05, 3.63) is 29.8 Å². The summed E-state index contributed by atoms with van der Waals surface area (Å²) in [5.41, 5.74) is 1.95. The number of primary sulfonamides is 1. The van der Waals surface area contributed by atoms with Crippen molar-refractivity contribution in [3.8, 4) is 0 Å². The molecule has 2 rings (SSSR count). The summed E-state index contributed by atoms with van der Waals surface area (Å²) in [7, 11) is -1.84. The molecule has 7 nitrogen and oxygen atoms in total. The van der Waals surface area contributed by atoms with Crippen molar-refractivity contribution in [2.75, 3.05) is 0 Å². The molecule has 0 aromatic carbocycles. The lowest BCUT2D eigenvalue weighted by atomic mass is 10.3. The molecule has 0 spiro atoms. The molecule has 0 bridgehead atoms. The lowest BCUT2D eigenvalue weighted by molar-refractivity contribution is 0.596. The summed E-state index contributed by atoms with van der Waals surface area (Å²) in [6.45, 7) is 2.48. The van der Waals surface area contributed by atoms with Crippen molar-refractivity contribution in [3.63, 3.8) is 0 Å². The maximum atomic E-state index is 11.1. The normalized spacial score (nSPS) is 11.9. The second kappa shape index (κ2) is 4.54. The summed E-state index contributed by atoms with van der Waals surface area (Å²) >= 11 is 0. The maximum absolute atomic E-state index is 11.1. The van der Waals surface area contributed by atoms with Gasteiger partial charge in [0.05, 0.1) is 24.1 Å². The first-order chi connectivity index (χ1) is 8.40. The van der Waals surface area contributed by atoms with Crippen molar-refractivity contribution < 1.29 is 8.42 Å². The third-order valence-electron chi connectivity index (χ3n) is 2.65. The molecule has 0 saturated heterocycles. The molecular formula is C10H15N5O2S. The molecule has 0 fully saturated rings. The van der Waals surface area contributed by atoms with Crippen LogP contribution in [0.15, 0.2) is 23.4 Å². The van der Waals surface area contributed by atoms with Gasteiger partial charge in [-0.25, -0.2) is 13.6 Å². The highest BCUT2D eigenvalue weighted by atomic mass is 32.2. The van der Waals surface area contributed by atoms with Crippen molar-refractivity contribution in [1.29, 1.82) is 0 Å².